The zero-order valence-corrected chi connectivity index (χ0v) is 24.4. The third-order valence-electron chi connectivity index (χ3n) is 8.81. The number of para-hydroxylation sites is 4. The molecule has 0 aromatic heterocycles. The normalized spacial score (nSPS) is 13.5. The van der Waals surface area contributed by atoms with E-state index in [1.165, 1.54) is 32.7 Å². The lowest BCUT2D eigenvalue weighted by molar-refractivity contribution is 0.541. The predicted molar refractivity (Wildman–Crippen MR) is 186 cm³/mol. The molecule has 0 fully saturated rings. The lowest BCUT2D eigenvalue weighted by atomic mass is 9.80. The van der Waals surface area contributed by atoms with Gasteiger partial charge < -0.3 is 9.80 Å². The molecule has 0 heterocycles. The summed E-state index contributed by atoms with van der Waals surface area (Å²) in [5, 5.41) is 5.10. The van der Waals surface area contributed by atoms with E-state index in [-0.39, 0.29) is 0 Å². The fourth-order valence-electron chi connectivity index (χ4n) is 6.96. The summed E-state index contributed by atoms with van der Waals surface area (Å²) in [6.45, 7) is 0. The maximum Gasteiger partial charge on any atom is 0.168 e. The third kappa shape index (κ3) is 4.27. The minimum Gasteiger partial charge on any atom is -0.310 e. The molecule has 0 amide bonds. The van der Waals surface area contributed by atoms with Crippen LogP contribution >= 0.6 is 0 Å². The second-order valence-electron chi connectivity index (χ2n) is 11.4. The second-order valence-corrected chi connectivity index (χ2v) is 11.4. The van der Waals surface area contributed by atoms with Crippen LogP contribution in [0.15, 0.2) is 182 Å². The van der Waals surface area contributed by atoms with E-state index in [9.17, 15) is 0 Å². The van der Waals surface area contributed by atoms with Crippen molar-refractivity contribution >= 4 is 44.3 Å². The quantitative estimate of drug-likeness (QED) is 0.113. The van der Waals surface area contributed by atoms with Crippen LogP contribution in [-0.2, 0) is 12.1 Å². The molecule has 7 aromatic rings. The van der Waals surface area contributed by atoms with Crippen LogP contribution in [0, 0.1) is 0 Å². The van der Waals surface area contributed by atoms with Gasteiger partial charge in [-0.1, -0.05) is 115 Å². The van der Waals surface area contributed by atoms with Gasteiger partial charge >= 0.3 is 0 Å². The molecule has 0 atom stereocenters. The van der Waals surface area contributed by atoms with Crippen molar-refractivity contribution in [2.75, 3.05) is 9.80 Å². The van der Waals surface area contributed by atoms with E-state index in [0.29, 0.717) is 0 Å². The second kappa shape index (κ2) is 10.9. The van der Waals surface area contributed by atoms with Crippen molar-refractivity contribution in [3.8, 4) is 0 Å². The monoisotopic (exact) mass is 564 g/mol. The molecule has 0 bridgehead atoms. The summed E-state index contributed by atoms with van der Waals surface area (Å²) in [7, 11) is 0. The highest BCUT2D eigenvalue weighted by Gasteiger charge is 2.47. The number of hydrogen-bond acceptors (Lipinski definition) is 2. The molecule has 2 nitrogen and oxygen atoms in total. The first kappa shape index (κ1) is 26.1. The Hall–Kier alpha value is -5.60. The van der Waals surface area contributed by atoms with Crippen LogP contribution in [0.2, 0.25) is 0 Å². The highest BCUT2D eigenvalue weighted by Crippen LogP contribution is 2.51. The van der Waals surface area contributed by atoms with Gasteiger partial charge in [-0.2, -0.15) is 0 Å². The van der Waals surface area contributed by atoms with Crippen molar-refractivity contribution in [2.45, 2.75) is 12.1 Å². The van der Waals surface area contributed by atoms with Gasteiger partial charge in [0.2, 0.25) is 0 Å². The minimum atomic E-state index is -0.737. The molecule has 7 aromatic carbocycles. The number of benzene rings is 7. The van der Waals surface area contributed by atoms with Crippen LogP contribution in [0.25, 0.3) is 21.5 Å². The molecule has 0 spiro atoms. The molecule has 210 valence electrons. The smallest absolute Gasteiger partial charge is 0.168 e. The molecule has 1 aliphatic rings. The first-order valence-corrected chi connectivity index (χ1v) is 15.3. The molecular formula is C42H32N2. The number of nitrogens with zero attached hydrogens (tertiary/aromatic N) is 2. The van der Waals surface area contributed by atoms with E-state index in [2.05, 4.69) is 192 Å². The van der Waals surface area contributed by atoms with Crippen molar-refractivity contribution in [1.82, 2.24) is 0 Å². The van der Waals surface area contributed by atoms with Gasteiger partial charge in [-0.15, -0.1) is 0 Å². The van der Waals surface area contributed by atoms with E-state index < -0.39 is 5.66 Å². The summed E-state index contributed by atoms with van der Waals surface area (Å²) < 4.78 is 0. The van der Waals surface area contributed by atoms with Crippen LogP contribution < -0.4 is 9.80 Å². The number of allylic oxidation sites excluding steroid dienone is 1. The molecule has 0 saturated carbocycles. The van der Waals surface area contributed by atoms with Crippen LogP contribution in [0.4, 0.5) is 22.7 Å². The van der Waals surface area contributed by atoms with Crippen molar-refractivity contribution in [3.63, 3.8) is 0 Å². The molecule has 8 rings (SSSR count). The highest BCUT2D eigenvalue weighted by atomic mass is 15.4. The average molecular weight is 565 g/mol. The number of anilines is 4. The van der Waals surface area contributed by atoms with Gasteiger partial charge in [0.15, 0.2) is 5.66 Å². The average Bonchev–Trinajstić information content (AvgIpc) is 3.09. The van der Waals surface area contributed by atoms with Crippen LogP contribution in [-0.4, -0.2) is 0 Å². The SMILES string of the molecule is C1=CC(N(c2ccccc2)c2ccccc2)(N(c2ccccc2)c2ccccc2)c2ccc3cc4ccccc4cc3c2C1. The Morgan fingerprint density at radius 3 is 1.32 bits per heavy atom. The summed E-state index contributed by atoms with van der Waals surface area (Å²) in [6.07, 6.45) is 5.65. The summed E-state index contributed by atoms with van der Waals surface area (Å²) >= 11 is 0. The van der Waals surface area contributed by atoms with Gasteiger partial charge in [-0.3, -0.25) is 0 Å². The lowest BCUT2D eigenvalue weighted by Gasteiger charge is -2.53. The van der Waals surface area contributed by atoms with Gasteiger partial charge in [-0.05, 0) is 100 Å². The highest BCUT2D eigenvalue weighted by molar-refractivity contribution is 6.01. The van der Waals surface area contributed by atoms with E-state index in [4.69, 9.17) is 0 Å². The predicted octanol–water partition coefficient (Wildman–Crippen LogP) is 10.9. The van der Waals surface area contributed by atoms with E-state index in [0.717, 1.165) is 29.2 Å². The van der Waals surface area contributed by atoms with Crippen molar-refractivity contribution < 1.29 is 0 Å². The van der Waals surface area contributed by atoms with Crippen LogP contribution in [0.1, 0.15) is 11.1 Å². The Kier molecular flexibility index (Phi) is 6.46. The Morgan fingerprint density at radius 1 is 0.409 bits per heavy atom. The first-order chi connectivity index (χ1) is 21.8. The van der Waals surface area contributed by atoms with E-state index in [1.54, 1.807) is 0 Å². The van der Waals surface area contributed by atoms with Gasteiger partial charge in [-0.25, -0.2) is 0 Å². The minimum absolute atomic E-state index is 0.737. The third-order valence-corrected chi connectivity index (χ3v) is 8.81. The summed E-state index contributed by atoms with van der Waals surface area (Å²) in [5.41, 5.74) is 6.35. The topological polar surface area (TPSA) is 6.48 Å². The van der Waals surface area contributed by atoms with E-state index in [1.807, 2.05) is 0 Å². The summed E-state index contributed by atoms with van der Waals surface area (Å²) in [6, 6.07) is 61.3. The van der Waals surface area contributed by atoms with Crippen molar-refractivity contribution in [1.29, 1.82) is 0 Å². The van der Waals surface area contributed by atoms with Crippen LogP contribution in [0.5, 0.6) is 0 Å². The number of hydrogen-bond donors (Lipinski definition) is 0. The van der Waals surface area contributed by atoms with Crippen molar-refractivity contribution in [3.05, 3.63) is 193 Å². The fraction of sp³-hybridized carbons (Fsp3) is 0.0476. The van der Waals surface area contributed by atoms with Gasteiger partial charge in [0.05, 0.1) is 0 Å². The zero-order valence-electron chi connectivity index (χ0n) is 24.4. The number of fused-ring (bicyclic) bond motifs is 4. The fourth-order valence-corrected chi connectivity index (χ4v) is 6.96. The molecule has 0 radical (unpaired) electrons. The maximum atomic E-state index is 2.51. The maximum absolute atomic E-state index is 2.51. The summed E-state index contributed by atoms with van der Waals surface area (Å²) in [5.74, 6) is 0. The Morgan fingerprint density at radius 2 is 0.841 bits per heavy atom. The molecule has 44 heavy (non-hydrogen) atoms. The molecule has 0 N–H and O–H groups in total. The number of rotatable bonds is 6. The van der Waals surface area contributed by atoms with Gasteiger partial charge in [0.1, 0.15) is 0 Å². The van der Waals surface area contributed by atoms with Crippen molar-refractivity contribution in [2.24, 2.45) is 0 Å². The van der Waals surface area contributed by atoms with Gasteiger partial charge in [0.25, 0.3) is 0 Å². The van der Waals surface area contributed by atoms with Crippen LogP contribution in [0.3, 0.4) is 0 Å². The molecular weight excluding hydrogens is 532 g/mol. The zero-order chi connectivity index (χ0) is 29.3. The molecule has 1 aliphatic carbocycles. The Labute approximate surface area is 258 Å². The summed E-state index contributed by atoms with van der Waals surface area (Å²) in [4.78, 5) is 5.02. The molecule has 0 saturated heterocycles. The standard InChI is InChI=1S/C42H32N2/c1-5-18-35(19-6-1)43(36-20-7-2-8-21-36)42(44(37-22-9-3-10-23-37)38-24-11-4-12-25-38)29-15-26-39-40-31-33-17-14-13-16-32(33)30-34(40)27-28-41(39)42/h1-25,27-31H,26H2. The molecule has 0 aliphatic heterocycles. The Bertz CT molecular complexity index is 1920. The van der Waals surface area contributed by atoms with E-state index >= 15 is 0 Å². The first-order valence-electron chi connectivity index (χ1n) is 15.3. The Balaban J connectivity index is 1.52. The molecule has 0 unspecified atom stereocenters. The van der Waals surface area contributed by atoms with Gasteiger partial charge in [0, 0.05) is 28.3 Å². The largest absolute Gasteiger partial charge is 0.310 e. The molecule has 2 heteroatoms. The lowest BCUT2D eigenvalue weighted by Crippen LogP contribution is -2.55.